The van der Waals surface area contributed by atoms with E-state index in [-0.39, 0.29) is 0 Å². The summed E-state index contributed by atoms with van der Waals surface area (Å²) in [6, 6.07) is 5.93. The minimum atomic E-state index is 0.326. The van der Waals surface area contributed by atoms with Gasteiger partial charge in [0.05, 0.1) is 16.9 Å². The second-order valence-corrected chi connectivity index (χ2v) is 7.81. The summed E-state index contributed by atoms with van der Waals surface area (Å²) in [5.41, 5.74) is 2.10. The van der Waals surface area contributed by atoms with E-state index < -0.39 is 0 Å². The molecule has 0 atom stereocenters. The molecular weight excluding hydrogens is 323 g/mol. The quantitative estimate of drug-likeness (QED) is 0.683. The third-order valence-electron chi connectivity index (χ3n) is 4.55. The van der Waals surface area contributed by atoms with Crippen LogP contribution in [-0.4, -0.2) is 20.6 Å². The monoisotopic (exact) mass is 342 g/mol. The molecule has 1 aromatic carbocycles. The highest BCUT2D eigenvalue weighted by atomic mass is 35.5. The minimum absolute atomic E-state index is 0.326. The van der Waals surface area contributed by atoms with Crippen molar-refractivity contribution in [1.82, 2.24) is 9.55 Å². The van der Waals surface area contributed by atoms with Crippen LogP contribution in [0.3, 0.4) is 0 Å². The predicted molar refractivity (Wildman–Crippen MR) is 93.6 cm³/mol. The third-order valence-corrected chi connectivity index (χ3v) is 6.43. The lowest BCUT2D eigenvalue weighted by Crippen LogP contribution is -2.33. The van der Waals surface area contributed by atoms with Crippen LogP contribution in [0.25, 0.3) is 11.0 Å². The van der Waals surface area contributed by atoms with Gasteiger partial charge in [-0.3, -0.25) is 0 Å². The molecule has 3 rings (SSSR count). The average Bonchev–Trinajstić information content (AvgIpc) is 2.85. The molecule has 0 unspecified atom stereocenters. The predicted octanol–water partition coefficient (Wildman–Crippen LogP) is 5.49. The lowest BCUT2D eigenvalue weighted by atomic mass is 9.88. The van der Waals surface area contributed by atoms with E-state index in [2.05, 4.69) is 21.9 Å². The maximum absolute atomic E-state index is 6.13. The third kappa shape index (κ3) is 3.06. The zero-order valence-electron chi connectivity index (χ0n) is 12.2. The number of aromatic nitrogens is 2. The number of hydrogen-bond donors (Lipinski definition) is 0. The van der Waals surface area contributed by atoms with Gasteiger partial charge >= 0.3 is 0 Å². The van der Waals surface area contributed by atoms with Gasteiger partial charge < -0.3 is 4.57 Å². The molecule has 1 aromatic heterocycles. The zero-order chi connectivity index (χ0) is 14.9. The average molecular weight is 343 g/mol. The fourth-order valence-corrected chi connectivity index (χ4v) is 4.67. The fourth-order valence-electron chi connectivity index (χ4n) is 3.34. The Morgan fingerprint density at radius 1 is 1.29 bits per heavy atom. The number of halogens is 2. The second kappa shape index (κ2) is 6.39. The molecule has 114 valence electrons. The van der Waals surface area contributed by atoms with Crippen molar-refractivity contribution in [2.75, 3.05) is 6.26 Å². The number of fused-ring (bicyclic) bond motifs is 1. The van der Waals surface area contributed by atoms with E-state index in [0.29, 0.717) is 10.6 Å². The Hall–Kier alpha value is -0.380. The summed E-state index contributed by atoms with van der Waals surface area (Å²) >= 11 is 14.2. The van der Waals surface area contributed by atoms with Gasteiger partial charge in [-0.15, -0.1) is 11.6 Å². The van der Waals surface area contributed by atoms with Crippen molar-refractivity contribution in [2.24, 2.45) is 0 Å². The van der Waals surface area contributed by atoms with E-state index in [1.807, 2.05) is 23.9 Å². The van der Waals surface area contributed by atoms with Crippen LogP contribution in [0.2, 0.25) is 5.02 Å². The molecule has 2 aromatic rings. The Morgan fingerprint density at radius 2 is 2.05 bits per heavy atom. The number of imidazole rings is 1. The van der Waals surface area contributed by atoms with Gasteiger partial charge in [-0.1, -0.05) is 30.9 Å². The maximum Gasteiger partial charge on any atom is 0.124 e. The van der Waals surface area contributed by atoms with Crippen LogP contribution in [-0.2, 0) is 12.4 Å². The van der Waals surface area contributed by atoms with E-state index in [9.17, 15) is 0 Å². The van der Waals surface area contributed by atoms with E-state index in [0.717, 1.165) is 28.4 Å². The molecule has 0 N–H and O–H groups in total. The van der Waals surface area contributed by atoms with Crippen molar-refractivity contribution in [3.05, 3.63) is 29.0 Å². The molecular formula is C16H20Cl2N2S. The van der Waals surface area contributed by atoms with Crippen molar-refractivity contribution in [3.63, 3.8) is 0 Å². The highest BCUT2D eigenvalue weighted by molar-refractivity contribution is 8.00. The van der Waals surface area contributed by atoms with Gasteiger partial charge in [0.1, 0.15) is 5.82 Å². The largest absolute Gasteiger partial charge is 0.326 e. The summed E-state index contributed by atoms with van der Waals surface area (Å²) in [6.45, 7) is 0.994. The molecule has 5 heteroatoms. The number of thioether (sulfide) groups is 1. The molecule has 2 nitrogen and oxygen atoms in total. The lowest BCUT2D eigenvalue weighted by molar-refractivity contribution is 0.359. The fraction of sp³-hybridized carbons (Fsp3) is 0.562. The van der Waals surface area contributed by atoms with Gasteiger partial charge in [-0.2, -0.15) is 11.8 Å². The van der Waals surface area contributed by atoms with Crippen molar-refractivity contribution in [1.29, 1.82) is 0 Å². The van der Waals surface area contributed by atoms with Gasteiger partial charge in [0.15, 0.2) is 0 Å². The molecule has 0 amide bonds. The summed E-state index contributed by atoms with van der Waals surface area (Å²) in [5.74, 6) is 1.39. The molecule has 0 saturated heterocycles. The molecule has 1 heterocycles. The van der Waals surface area contributed by atoms with Gasteiger partial charge in [0.2, 0.25) is 0 Å². The normalized spacial score (nSPS) is 18.2. The van der Waals surface area contributed by atoms with Gasteiger partial charge in [-0.25, -0.2) is 4.98 Å². The van der Waals surface area contributed by atoms with Crippen LogP contribution in [0.4, 0.5) is 0 Å². The first kappa shape index (κ1) is 15.5. The van der Waals surface area contributed by atoms with Gasteiger partial charge in [0.25, 0.3) is 0 Å². The number of benzene rings is 1. The molecule has 1 aliphatic carbocycles. The van der Waals surface area contributed by atoms with Crippen LogP contribution in [0.15, 0.2) is 18.2 Å². The minimum Gasteiger partial charge on any atom is -0.326 e. The molecule has 1 fully saturated rings. The number of nitrogens with zero attached hydrogens (tertiary/aromatic N) is 2. The number of rotatable bonds is 4. The van der Waals surface area contributed by atoms with Gasteiger partial charge in [0, 0.05) is 16.3 Å². The summed E-state index contributed by atoms with van der Waals surface area (Å²) in [4.78, 5) is 4.66. The molecule has 0 radical (unpaired) electrons. The van der Waals surface area contributed by atoms with Crippen LogP contribution in [0.1, 0.15) is 37.9 Å². The SMILES string of the molecule is CSC1(Cn2c(CCl)nc3cc(Cl)ccc32)CCCCC1. The Kier molecular flexibility index (Phi) is 4.72. The molecule has 0 bridgehead atoms. The van der Waals surface area contributed by atoms with Crippen molar-refractivity contribution in [2.45, 2.75) is 49.3 Å². The summed E-state index contributed by atoms with van der Waals surface area (Å²) in [5, 5.41) is 0.727. The Labute approximate surface area is 140 Å². The van der Waals surface area contributed by atoms with Crippen LogP contribution in [0.5, 0.6) is 0 Å². The number of alkyl halides is 1. The van der Waals surface area contributed by atoms with Crippen molar-refractivity contribution >= 4 is 46.0 Å². The standard InChI is InChI=1S/C16H20Cl2N2S/c1-21-16(7-3-2-4-8-16)11-20-14-6-5-12(18)9-13(14)19-15(20)10-17/h5-6,9H,2-4,7-8,10-11H2,1H3. The van der Waals surface area contributed by atoms with Crippen LogP contribution in [0, 0.1) is 0 Å². The summed E-state index contributed by atoms with van der Waals surface area (Å²) in [6.07, 6.45) is 8.82. The van der Waals surface area contributed by atoms with E-state index in [1.165, 1.54) is 32.1 Å². The molecule has 0 spiro atoms. The van der Waals surface area contributed by atoms with E-state index >= 15 is 0 Å². The topological polar surface area (TPSA) is 17.8 Å². The first-order valence-corrected chi connectivity index (χ1v) is 9.57. The Bertz CT molecular complexity index is 632. The van der Waals surface area contributed by atoms with Crippen molar-refractivity contribution < 1.29 is 0 Å². The van der Waals surface area contributed by atoms with Crippen molar-refractivity contribution in [3.8, 4) is 0 Å². The number of hydrogen-bond acceptors (Lipinski definition) is 2. The second-order valence-electron chi connectivity index (χ2n) is 5.83. The molecule has 1 aliphatic rings. The first-order valence-electron chi connectivity index (χ1n) is 7.43. The van der Waals surface area contributed by atoms with E-state index in [4.69, 9.17) is 23.2 Å². The smallest absolute Gasteiger partial charge is 0.124 e. The summed E-state index contributed by atoms with van der Waals surface area (Å²) in [7, 11) is 0. The highest BCUT2D eigenvalue weighted by Crippen LogP contribution is 2.41. The Balaban J connectivity index is 2.02. The molecule has 1 saturated carbocycles. The lowest BCUT2D eigenvalue weighted by Gasteiger charge is -2.36. The first-order chi connectivity index (χ1) is 10.2. The molecule has 21 heavy (non-hydrogen) atoms. The zero-order valence-corrected chi connectivity index (χ0v) is 14.6. The Morgan fingerprint density at radius 3 is 2.71 bits per heavy atom. The van der Waals surface area contributed by atoms with Gasteiger partial charge in [-0.05, 0) is 37.3 Å². The van der Waals surface area contributed by atoms with E-state index in [1.54, 1.807) is 0 Å². The van der Waals surface area contributed by atoms with Crippen LogP contribution >= 0.6 is 35.0 Å². The van der Waals surface area contributed by atoms with Crippen LogP contribution < -0.4 is 0 Å². The maximum atomic E-state index is 6.13. The summed E-state index contributed by atoms with van der Waals surface area (Å²) < 4.78 is 2.63. The molecule has 0 aliphatic heterocycles. The highest BCUT2D eigenvalue weighted by Gasteiger charge is 2.32.